The lowest BCUT2D eigenvalue weighted by Gasteiger charge is -2.24. The fraction of sp³-hybridized carbons (Fsp3) is 0.600. The van der Waals surface area contributed by atoms with Crippen molar-refractivity contribution in [2.75, 3.05) is 25.0 Å². The molecule has 20 heavy (non-hydrogen) atoms. The molecule has 0 bridgehead atoms. The molecule has 1 aromatic rings. The molecule has 1 unspecified atom stereocenters. The Kier molecular flexibility index (Phi) is 6.49. The number of para-hydroxylation sites is 1. The molecule has 0 saturated heterocycles. The number of sulfonamides is 1. The van der Waals surface area contributed by atoms with E-state index in [4.69, 9.17) is 0 Å². The van der Waals surface area contributed by atoms with Crippen molar-refractivity contribution < 1.29 is 8.42 Å². The van der Waals surface area contributed by atoms with Crippen LogP contribution in [0, 0.1) is 5.92 Å². The molecule has 4 nitrogen and oxygen atoms in total. The quantitative estimate of drug-likeness (QED) is 0.802. The van der Waals surface area contributed by atoms with Crippen LogP contribution in [0.4, 0.5) is 5.69 Å². The Morgan fingerprint density at radius 2 is 1.85 bits per heavy atom. The van der Waals surface area contributed by atoms with Gasteiger partial charge in [0.25, 0.3) is 0 Å². The van der Waals surface area contributed by atoms with Crippen molar-refractivity contribution in [2.45, 2.75) is 39.0 Å². The Labute approximate surface area is 123 Å². The number of rotatable bonds is 8. The zero-order valence-corrected chi connectivity index (χ0v) is 13.7. The second kappa shape index (κ2) is 7.64. The summed E-state index contributed by atoms with van der Waals surface area (Å²) < 4.78 is 27.2. The highest BCUT2D eigenvalue weighted by molar-refractivity contribution is 7.89. The van der Waals surface area contributed by atoms with Crippen molar-refractivity contribution in [1.82, 2.24) is 4.31 Å². The highest BCUT2D eigenvalue weighted by atomic mass is 32.2. The predicted molar refractivity (Wildman–Crippen MR) is 84.5 cm³/mol. The van der Waals surface area contributed by atoms with Crippen molar-refractivity contribution >= 4 is 15.7 Å². The maximum atomic E-state index is 12.8. The fourth-order valence-electron chi connectivity index (χ4n) is 2.04. The third-order valence-corrected chi connectivity index (χ3v) is 5.44. The van der Waals surface area contributed by atoms with Crippen molar-refractivity contribution in [3.8, 4) is 0 Å². The van der Waals surface area contributed by atoms with Crippen LogP contribution in [-0.4, -0.2) is 32.4 Å². The number of anilines is 1. The Hall–Kier alpha value is -1.07. The second-order valence-electron chi connectivity index (χ2n) is 5.00. The standard InChI is InChI=1S/C15H26N2O2S/c1-5-13(4)12-17(7-3)20(18,19)15-11-9-8-10-14(15)16-6-2/h8-11,13,16H,5-7,12H2,1-4H3. The summed E-state index contributed by atoms with van der Waals surface area (Å²) in [6, 6.07) is 7.10. The SMILES string of the molecule is CCNc1ccccc1S(=O)(=O)N(CC)CC(C)CC. The molecule has 114 valence electrons. The van der Waals surface area contributed by atoms with Gasteiger partial charge in [-0.25, -0.2) is 8.42 Å². The van der Waals surface area contributed by atoms with Crippen molar-refractivity contribution in [3.05, 3.63) is 24.3 Å². The number of hydrogen-bond acceptors (Lipinski definition) is 3. The van der Waals surface area contributed by atoms with Gasteiger partial charge in [0.2, 0.25) is 10.0 Å². The molecule has 1 N–H and O–H groups in total. The molecule has 5 heteroatoms. The van der Waals surface area contributed by atoms with Gasteiger partial charge in [0.15, 0.2) is 0 Å². The minimum absolute atomic E-state index is 0.357. The molecule has 0 spiro atoms. The normalized spacial score (nSPS) is 13.4. The Bertz CT molecular complexity index is 514. The molecule has 0 aliphatic rings. The molecule has 1 aromatic carbocycles. The van der Waals surface area contributed by atoms with Gasteiger partial charge in [-0.3, -0.25) is 0 Å². The first kappa shape index (κ1) is 17.0. The number of benzene rings is 1. The van der Waals surface area contributed by atoms with Crippen LogP contribution in [0.2, 0.25) is 0 Å². The summed E-state index contributed by atoms with van der Waals surface area (Å²) in [5.41, 5.74) is 0.678. The average Bonchev–Trinajstić information content (AvgIpc) is 2.45. The van der Waals surface area contributed by atoms with E-state index in [1.54, 1.807) is 16.4 Å². The third-order valence-electron chi connectivity index (χ3n) is 3.44. The van der Waals surface area contributed by atoms with Crippen molar-refractivity contribution in [3.63, 3.8) is 0 Å². The highest BCUT2D eigenvalue weighted by Crippen LogP contribution is 2.25. The van der Waals surface area contributed by atoms with E-state index in [0.29, 0.717) is 36.1 Å². The summed E-state index contributed by atoms with van der Waals surface area (Å²) in [5, 5.41) is 3.12. The average molecular weight is 298 g/mol. The van der Waals surface area contributed by atoms with Crippen LogP contribution in [0.25, 0.3) is 0 Å². The van der Waals surface area contributed by atoms with Crippen LogP contribution >= 0.6 is 0 Å². The minimum Gasteiger partial charge on any atom is -0.384 e. The third kappa shape index (κ3) is 3.96. The van der Waals surface area contributed by atoms with E-state index >= 15 is 0 Å². The number of hydrogen-bond donors (Lipinski definition) is 1. The van der Waals surface area contributed by atoms with Gasteiger partial charge in [-0.15, -0.1) is 0 Å². The molecule has 0 radical (unpaired) electrons. The first-order valence-electron chi connectivity index (χ1n) is 7.30. The molecule has 0 aliphatic carbocycles. The van der Waals surface area contributed by atoms with Crippen LogP contribution in [0.15, 0.2) is 29.2 Å². The topological polar surface area (TPSA) is 49.4 Å². The molecule has 0 heterocycles. The molecule has 0 fully saturated rings. The van der Waals surface area contributed by atoms with E-state index < -0.39 is 10.0 Å². The van der Waals surface area contributed by atoms with Gasteiger partial charge in [-0.1, -0.05) is 39.3 Å². The Morgan fingerprint density at radius 1 is 1.20 bits per heavy atom. The lowest BCUT2D eigenvalue weighted by molar-refractivity contribution is 0.362. The Balaban J connectivity index is 3.13. The van der Waals surface area contributed by atoms with Gasteiger partial charge in [-0.05, 0) is 25.0 Å². The van der Waals surface area contributed by atoms with E-state index in [-0.39, 0.29) is 0 Å². The molecule has 0 aromatic heterocycles. The maximum absolute atomic E-state index is 12.8. The summed E-state index contributed by atoms with van der Waals surface area (Å²) in [7, 11) is -3.44. The monoisotopic (exact) mass is 298 g/mol. The van der Waals surface area contributed by atoms with E-state index in [9.17, 15) is 8.42 Å². The van der Waals surface area contributed by atoms with Crippen LogP contribution in [0.5, 0.6) is 0 Å². The molecule has 0 amide bonds. The van der Waals surface area contributed by atoms with E-state index in [0.717, 1.165) is 6.42 Å². The van der Waals surface area contributed by atoms with Gasteiger partial charge in [0, 0.05) is 19.6 Å². The van der Waals surface area contributed by atoms with Gasteiger partial charge < -0.3 is 5.32 Å². The van der Waals surface area contributed by atoms with Gasteiger partial charge in [0.1, 0.15) is 4.90 Å². The van der Waals surface area contributed by atoms with Gasteiger partial charge in [-0.2, -0.15) is 4.31 Å². The summed E-state index contributed by atoms with van der Waals surface area (Å²) in [5.74, 6) is 0.357. The van der Waals surface area contributed by atoms with Gasteiger partial charge in [0.05, 0.1) is 5.69 Å². The maximum Gasteiger partial charge on any atom is 0.245 e. The van der Waals surface area contributed by atoms with Gasteiger partial charge >= 0.3 is 0 Å². The van der Waals surface area contributed by atoms with E-state index in [1.165, 1.54) is 0 Å². The molecule has 1 atom stereocenters. The number of nitrogens with zero attached hydrogens (tertiary/aromatic N) is 1. The zero-order chi connectivity index (χ0) is 15.2. The number of nitrogens with one attached hydrogen (secondary N) is 1. The van der Waals surface area contributed by atoms with Crippen LogP contribution in [0.3, 0.4) is 0 Å². The largest absolute Gasteiger partial charge is 0.384 e. The molecular formula is C15H26N2O2S. The smallest absolute Gasteiger partial charge is 0.245 e. The van der Waals surface area contributed by atoms with E-state index in [1.807, 2.05) is 26.0 Å². The van der Waals surface area contributed by atoms with Crippen molar-refractivity contribution in [1.29, 1.82) is 0 Å². The van der Waals surface area contributed by atoms with Crippen LogP contribution in [-0.2, 0) is 10.0 Å². The van der Waals surface area contributed by atoms with Crippen molar-refractivity contribution in [2.24, 2.45) is 5.92 Å². The predicted octanol–water partition coefficient (Wildman–Crippen LogP) is 3.18. The molecule has 0 saturated carbocycles. The molecule has 1 rings (SSSR count). The first-order chi connectivity index (χ1) is 9.47. The lowest BCUT2D eigenvalue weighted by Crippen LogP contribution is -2.35. The molecule has 0 aliphatic heterocycles. The summed E-state index contributed by atoms with van der Waals surface area (Å²) in [6.45, 7) is 9.76. The van der Waals surface area contributed by atoms with Crippen LogP contribution < -0.4 is 5.32 Å². The van der Waals surface area contributed by atoms with E-state index in [2.05, 4.69) is 19.2 Å². The lowest BCUT2D eigenvalue weighted by atomic mass is 10.1. The Morgan fingerprint density at radius 3 is 2.40 bits per heavy atom. The summed E-state index contributed by atoms with van der Waals surface area (Å²) >= 11 is 0. The summed E-state index contributed by atoms with van der Waals surface area (Å²) in [4.78, 5) is 0.368. The zero-order valence-electron chi connectivity index (χ0n) is 12.9. The summed E-state index contributed by atoms with van der Waals surface area (Å²) in [6.07, 6.45) is 0.973. The second-order valence-corrected chi connectivity index (χ2v) is 6.90. The minimum atomic E-state index is -3.44. The fourth-order valence-corrected chi connectivity index (χ4v) is 3.78. The van der Waals surface area contributed by atoms with Crippen LogP contribution in [0.1, 0.15) is 34.1 Å². The molecular weight excluding hydrogens is 272 g/mol. The highest BCUT2D eigenvalue weighted by Gasteiger charge is 2.26. The first-order valence-corrected chi connectivity index (χ1v) is 8.74.